The summed E-state index contributed by atoms with van der Waals surface area (Å²) in [7, 11) is 3.22. The standard InChI is InChI=1S/C20H18BrN2O3.BrH/c1-25-16-7-8-17(20(11-16)26-2)18-9-10-23(13-22-18)12-19(24)14-3-5-15(21)6-4-14;/h3-11,13H,12H2,1-2H3;1H/q+1;. The fourth-order valence-corrected chi connectivity index (χ4v) is 2.80. The summed E-state index contributed by atoms with van der Waals surface area (Å²) >= 11 is 3.37. The number of nitrogens with zero attached hydrogens (tertiary/aromatic N) is 2. The lowest BCUT2D eigenvalue weighted by atomic mass is 10.1. The molecule has 3 aromatic rings. The van der Waals surface area contributed by atoms with E-state index in [0.29, 0.717) is 11.3 Å². The van der Waals surface area contributed by atoms with Crippen LogP contribution in [0.1, 0.15) is 10.4 Å². The molecule has 0 saturated carbocycles. The zero-order valence-corrected chi connectivity index (χ0v) is 18.2. The van der Waals surface area contributed by atoms with Crippen LogP contribution in [0.4, 0.5) is 0 Å². The number of halogens is 2. The summed E-state index contributed by atoms with van der Waals surface area (Å²) in [6.45, 7) is 0.231. The van der Waals surface area contributed by atoms with Crippen molar-refractivity contribution in [3.05, 3.63) is 71.1 Å². The van der Waals surface area contributed by atoms with Crippen molar-refractivity contribution in [2.24, 2.45) is 0 Å². The van der Waals surface area contributed by atoms with Gasteiger partial charge in [0.25, 0.3) is 6.33 Å². The average molecular weight is 495 g/mol. The van der Waals surface area contributed by atoms with Gasteiger partial charge in [0.15, 0.2) is 12.2 Å². The van der Waals surface area contributed by atoms with E-state index in [2.05, 4.69) is 20.9 Å². The Morgan fingerprint density at radius 1 is 1.07 bits per heavy atom. The van der Waals surface area contributed by atoms with Crippen molar-refractivity contribution in [3.63, 3.8) is 0 Å². The number of ketones is 1. The van der Waals surface area contributed by atoms with Gasteiger partial charge >= 0.3 is 0 Å². The maximum Gasteiger partial charge on any atom is 0.287 e. The number of rotatable bonds is 6. The van der Waals surface area contributed by atoms with Crippen molar-refractivity contribution in [2.75, 3.05) is 14.2 Å². The number of methoxy groups -OCH3 is 2. The summed E-state index contributed by atoms with van der Waals surface area (Å²) < 4.78 is 13.3. The van der Waals surface area contributed by atoms with Crippen LogP contribution in [0.25, 0.3) is 11.3 Å². The fraction of sp³-hybridized carbons (Fsp3) is 0.150. The first kappa shape index (κ1) is 21.1. The van der Waals surface area contributed by atoms with Crippen LogP contribution in [0.3, 0.4) is 0 Å². The molecule has 0 N–H and O–H groups in total. The normalized spacial score (nSPS) is 10.0. The zero-order valence-electron chi connectivity index (χ0n) is 14.9. The van der Waals surface area contributed by atoms with Crippen molar-refractivity contribution in [2.45, 2.75) is 6.54 Å². The summed E-state index contributed by atoms with van der Waals surface area (Å²) in [4.78, 5) is 16.8. The fourth-order valence-electron chi connectivity index (χ4n) is 2.54. The number of aromatic nitrogens is 2. The lowest BCUT2D eigenvalue weighted by Crippen LogP contribution is -2.37. The van der Waals surface area contributed by atoms with Crippen molar-refractivity contribution in [1.82, 2.24) is 4.98 Å². The highest BCUT2D eigenvalue weighted by molar-refractivity contribution is 9.10. The van der Waals surface area contributed by atoms with Crippen LogP contribution in [0.2, 0.25) is 0 Å². The van der Waals surface area contributed by atoms with Gasteiger partial charge in [-0.3, -0.25) is 4.79 Å². The Kier molecular flexibility index (Phi) is 7.50. The number of carbonyl (C=O) groups is 1. The number of Topliss-reactive ketones (excluding diaryl/α,β-unsaturated/α-hetero) is 1. The topological polar surface area (TPSA) is 52.3 Å². The molecule has 0 atom stereocenters. The van der Waals surface area contributed by atoms with Crippen LogP contribution in [0.15, 0.2) is 65.5 Å². The van der Waals surface area contributed by atoms with Gasteiger partial charge in [0.2, 0.25) is 5.78 Å². The van der Waals surface area contributed by atoms with Crippen LogP contribution < -0.4 is 14.0 Å². The summed E-state index contributed by atoms with van der Waals surface area (Å²) in [5, 5.41) is 0. The third-order valence-corrected chi connectivity index (χ3v) is 4.47. The molecular formula is C20H19Br2N2O3+. The largest absolute Gasteiger partial charge is 0.497 e. The van der Waals surface area contributed by atoms with E-state index in [0.717, 1.165) is 21.5 Å². The van der Waals surface area contributed by atoms with Gasteiger partial charge in [-0.05, 0) is 29.2 Å². The van der Waals surface area contributed by atoms with Gasteiger partial charge in [-0.2, -0.15) is 0 Å². The van der Waals surface area contributed by atoms with Crippen molar-refractivity contribution >= 4 is 38.7 Å². The number of benzene rings is 2. The Labute approximate surface area is 176 Å². The molecule has 2 aromatic carbocycles. The molecule has 0 amide bonds. The highest BCUT2D eigenvalue weighted by atomic mass is 79.9. The monoisotopic (exact) mass is 493 g/mol. The molecule has 0 bridgehead atoms. The highest BCUT2D eigenvalue weighted by Crippen LogP contribution is 2.31. The van der Waals surface area contributed by atoms with E-state index < -0.39 is 0 Å². The molecular weight excluding hydrogens is 476 g/mol. The number of hydrogen-bond donors (Lipinski definition) is 0. The second-order valence-corrected chi connectivity index (χ2v) is 6.53. The minimum absolute atomic E-state index is 0. The Bertz CT molecular complexity index is 914. The van der Waals surface area contributed by atoms with Crippen molar-refractivity contribution in [1.29, 1.82) is 0 Å². The zero-order chi connectivity index (χ0) is 18.5. The lowest BCUT2D eigenvalue weighted by Gasteiger charge is -2.08. The maximum atomic E-state index is 12.4. The Morgan fingerprint density at radius 3 is 2.41 bits per heavy atom. The maximum absolute atomic E-state index is 12.4. The van der Waals surface area contributed by atoms with Gasteiger partial charge in [-0.15, -0.1) is 17.0 Å². The van der Waals surface area contributed by atoms with Gasteiger partial charge in [-0.1, -0.05) is 28.1 Å². The van der Waals surface area contributed by atoms with Crippen LogP contribution in [-0.4, -0.2) is 25.0 Å². The molecule has 0 aliphatic rings. The molecule has 0 radical (unpaired) electrons. The third kappa shape index (κ3) is 5.14. The molecule has 3 rings (SSSR count). The smallest absolute Gasteiger partial charge is 0.287 e. The van der Waals surface area contributed by atoms with E-state index in [4.69, 9.17) is 9.47 Å². The molecule has 1 aromatic heterocycles. The summed E-state index contributed by atoms with van der Waals surface area (Å²) in [5.74, 6) is 1.43. The van der Waals surface area contributed by atoms with E-state index in [1.165, 1.54) is 0 Å². The lowest BCUT2D eigenvalue weighted by molar-refractivity contribution is -0.686. The first-order valence-corrected chi connectivity index (χ1v) is 8.76. The Balaban J connectivity index is 0.00000261. The second kappa shape index (κ2) is 9.62. The molecule has 140 valence electrons. The van der Waals surface area contributed by atoms with Crippen LogP contribution >= 0.6 is 32.9 Å². The summed E-state index contributed by atoms with van der Waals surface area (Å²) in [6, 6.07) is 14.8. The predicted molar refractivity (Wildman–Crippen MR) is 112 cm³/mol. The number of carbonyl (C=O) groups excluding carboxylic acids is 1. The van der Waals surface area contributed by atoms with Gasteiger partial charge in [0, 0.05) is 22.2 Å². The molecule has 1 heterocycles. The minimum atomic E-state index is 0. The van der Waals surface area contributed by atoms with Gasteiger partial charge in [-0.25, -0.2) is 4.57 Å². The van der Waals surface area contributed by atoms with E-state index in [9.17, 15) is 4.79 Å². The van der Waals surface area contributed by atoms with E-state index in [1.54, 1.807) is 37.2 Å². The van der Waals surface area contributed by atoms with Gasteiger partial charge in [0.1, 0.15) is 11.5 Å². The Morgan fingerprint density at radius 2 is 1.81 bits per heavy atom. The minimum Gasteiger partial charge on any atom is -0.497 e. The number of hydrogen-bond acceptors (Lipinski definition) is 4. The average Bonchev–Trinajstić information content (AvgIpc) is 2.68. The third-order valence-electron chi connectivity index (χ3n) is 3.95. The quantitative estimate of drug-likeness (QED) is 0.379. The molecule has 0 fully saturated rings. The first-order chi connectivity index (χ1) is 12.6. The SMILES string of the molecule is Br.COc1ccc(-c2cc[n+](CC(=O)c3ccc(Br)cc3)cn2)c(OC)c1. The van der Waals surface area contributed by atoms with E-state index >= 15 is 0 Å². The molecule has 7 heteroatoms. The summed E-state index contributed by atoms with van der Waals surface area (Å²) in [6.07, 6.45) is 3.48. The van der Waals surface area contributed by atoms with Gasteiger partial charge < -0.3 is 9.47 Å². The second-order valence-electron chi connectivity index (χ2n) is 5.61. The molecule has 27 heavy (non-hydrogen) atoms. The van der Waals surface area contributed by atoms with Crippen LogP contribution in [0, 0.1) is 0 Å². The highest BCUT2D eigenvalue weighted by Gasteiger charge is 2.15. The molecule has 0 aliphatic carbocycles. The Hall–Kier alpha value is -2.25. The van der Waals surface area contributed by atoms with Crippen LogP contribution in [0.5, 0.6) is 11.5 Å². The molecule has 0 spiro atoms. The van der Waals surface area contributed by atoms with Gasteiger partial charge in [0.05, 0.1) is 26.0 Å². The number of ether oxygens (including phenoxy) is 2. The molecule has 0 aliphatic heterocycles. The van der Waals surface area contributed by atoms with Crippen LogP contribution in [-0.2, 0) is 6.54 Å². The summed E-state index contributed by atoms with van der Waals surface area (Å²) in [5.41, 5.74) is 2.29. The van der Waals surface area contributed by atoms with Crippen molar-refractivity contribution < 1.29 is 18.8 Å². The van der Waals surface area contributed by atoms with Crippen molar-refractivity contribution in [3.8, 4) is 22.8 Å². The predicted octanol–water partition coefficient (Wildman–Crippen LogP) is 4.28. The van der Waals surface area contributed by atoms with E-state index in [-0.39, 0.29) is 29.3 Å². The molecule has 0 saturated heterocycles. The molecule has 5 nitrogen and oxygen atoms in total. The molecule has 0 unspecified atom stereocenters. The first-order valence-electron chi connectivity index (χ1n) is 7.97. The van der Waals surface area contributed by atoms with E-state index in [1.807, 2.05) is 42.6 Å².